The van der Waals surface area contributed by atoms with Gasteiger partial charge in [0.15, 0.2) is 0 Å². The van der Waals surface area contributed by atoms with Gasteiger partial charge in [0.1, 0.15) is 0 Å². The van der Waals surface area contributed by atoms with E-state index in [1.807, 2.05) is 6.92 Å². The summed E-state index contributed by atoms with van der Waals surface area (Å²) in [4.78, 5) is 14.4. The van der Waals surface area contributed by atoms with Crippen LogP contribution >= 0.6 is 0 Å². The minimum Gasteiger partial charge on any atom is -0.352 e. The first-order valence-electron chi connectivity index (χ1n) is 7.96. The van der Waals surface area contributed by atoms with Gasteiger partial charge in [-0.3, -0.25) is 9.69 Å². The van der Waals surface area contributed by atoms with E-state index in [9.17, 15) is 4.79 Å². The van der Waals surface area contributed by atoms with E-state index in [4.69, 9.17) is 0 Å². The molecule has 1 aliphatic carbocycles. The number of carbonyl (C=O) groups is 1. The highest BCUT2D eigenvalue weighted by Crippen LogP contribution is 2.18. The van der Waals surface area contributed by atoms with Crippen LogP contribution in [0.5, 0.6) is 0 Å². The summed E-state index contributed by atoms with van der Waals surface area (Å²) < 4.78 is 0. The van der Waals surface area contributed by atoms with Crippen molar-refractivity contribution in [2.45, 2.75) is 64.6 Å². The van der Waals surface area contributed by atoms with E-state index in [0.29, 0.717) is 12.1 Å². The zero-order valence-corrected chi connectivity index (χ0v) is 13.1. The minimum absolute atomic E-state index is 0.0649. The molecule has 2 aliphatic rings. The SMILES string of the molecule is CC(C)=CCN1CCC(NC(C)C(=O)NC2CC2)CC1. The van der Waals surface area contributed by atoms with Crippen LogP contribution in [-0.4, -0.2) is 48.6 Å². The maximum absolute atomic E-state index is 11.9. The van der Waals surface area contributed by atoms with Crippen LogP contribution in [0.25, 0.3) is 0 Å². The van der Waals surface area contributed by atoms with E-state index in [1.54, 1.807) is 0 Å². The highest BCUT2D eigenvalue weighted by Gasteiger charge is 2.27. The van der Waals surface area contributed by atoms with E-state index in [-0.39, 0.29) is 11.9 Å². The van der Waals surface area contributed by atoms with E-state index >= 15 is 0 Å². The van der Waals surface area contributed by atoms with Crippen LogP contribution in [0, 0.1) is 0 Å². The number of nitrogens with one attached hydrogen (secondary N) is 2. The topological polar surface area (TPSA) is 44.4 Å². The Morgan fingerprint density at radius 3 is 2.40 bits per heavy atom. The molecule has 2 rings (SSSR count). The second kappa shape index (κ2) is 7.23. The van der Waals surface area contributed by atoms with Gasteiger partial charge < -0.3 is 10.6 Å². The third-order valence-electron chi connectivity index (χ3n) is 4.15. The number of rotatable bonds is 6. The fourth-order valence-corrected chi connectivity index (χ4v) is 2.58. The quantitative estimate of drug-likeness (QED) is 0.727. The molecular formula is C16H29N3O. The Balaban J connectivity index is 1.65. The molecular weight excluding hydrogens is 250 g/mol. The van der Waals surface area contributed by atoms with E-state index in [1.165, 1.54) is 5.57 Å². The normalized spacial score (nSPS) is 22.4. The molecule has 0 spiro atoms. The highest BCUT2D eigenvalue weighted by atomic mass is 16.2. The molecule has 114 valence electrons. The van der Waals surface area contributed by atoms with Crippen molar-refractivity contribution in [3.8, 4) is 0 Å². The van der Waals surface area contributed by atoms with Gasteiger partial charge in [-0.25, -0.2) is 0 Å². The molecule has 20 heavy (non-hydrogen) atoms. The molecule has 0 bridgehead atoms. The molecule has 0 aromatic carbocycles. The Bertz CT molecular complexity index is 351. The average Bonchev–Trinajstić information content (AvgIpc) is 3.21. The molecule has 1 amide bonds. The van der Waals surface area contributed by atoms with Gasteiger partial charge in [0, 0.05) is 18.6 Å². The van der Waals surface area contributed by atoms with Crippen LogP contribution < -0.4 is 10.6 Å². The van der Waals surface area contributed by atoms with Crippen molar-refractivity contribution in [2.24, 2.45) is 0 Å². The summed E-state index contributed by atoms with van der Waals surface area (Å²) in [5, 5.41) is 6.55. The maximum Gasteiger partial charge on any atom is 0.237 e. The molecule has 0 aromatic heterocycles. The maximum atomic E-state index is 11.9. The van der Waals surface area contributed by atoms with Crippen molar-refractivity contribution in [1.82, 2.24) is 15.5 Å². The molecule has 2 fully saturated rings. The lowest BCUT2D eigenvalue weighted by Gasteiger charge is -2.33. The van der Waals surface area contributed by atoms with Gasteiger partial charge in [-0.15, -0.1) is 0 Å². The molecule has 2 N–H and O–H groups in total. The third kappa shape index (κ3) is 5.25. The molecule has 0 aromatic rings. The first kappa shape index (κ1) is 15.5. The highest BCUT2D eigenvalue weighted by molar-refractivity contribution is 5.81. The first-order chi connectivity index (χ1) is 9.54. The molecule has 1 heterocycles. The van der Waals surface area contributed by atoms with Gasteiger partial charge in [-0.1, -0.05) is 11.6 Å². The van der Waals surface area contributed by atoms with Gasteiger partial charge >= 0.3 is 0 Å². The molecule has 1 unspecified atom stereocenters. The van der Waals surface area contributed by atoms with Crippen molar-refractivity contribution >= 4 is 5.91 Å². The zero-order chi connectivity index (χ0) is 14.5. The van der Waals surface area contributed by atoms with E-state index in [2.05, 4.69) is 35.5 Å². The number of amides is 1. The van der Waals surface area contributed by atoms with Crippen molar-refractivity contribution in [3.05, 3.63) is 11.6 Å². The second-order valence-corrected chi connectivity index (χ2v) is 6.53. The number of nitrogens with zero attached hydrogens (tertiary/aromatic N) is 1. The summed E-state index contributed by atoms with van der Waals surface area (Å²) in [5.41, 5.74) is 1.38. The number of likely N-dealkylation sites (tertiary alicyclic amines) is 1. The van der Waals surface area contributed by atoms with Gasteiger partial charge in [0.25, 0.3) is 0 Å². The second-order valence-electron chi connectivity index (χ2n) is 6.53. The van der Waals surface area contributed by atoms with Crippen molar-refractivity contribution in [1.29, 1.82) is 0 Å². The van der Waals surface area contributed by atoms with Crippen molar-refractivity contribution in [3.63, 3.8) is 0 Å². The molecule has 4 heteroatoms. The van der Waals surface area contributed by atoms with Crippen LogP contribution in [0.15, 0.2) is 11.6 Å². The molecule has 4 nitrogen and oxygen atoms in total. The number of carbonyl (C=O) groups excluding carboxylic acids is 1. The van der Waals surface area contributed by atoms with Crippen molar-refractivity contribution < 1.29 is 4.79 Å². The molecule has 1 aliphatic heterocycles. The lowest BCUT2D eigenvalue weighted by molar-refractivity contribution is -0.123. The van der Waals surface area contributed by atoms with Gasteiger partial charge in [-0.2, -0.15) is 0 Å². The molecule has 0 radical (unpaired) electrons. The number of hydrogen-bond donors (Lipinski definition) is 2. The number of piperidine rings is 1. The molecule has 1 atom stereocenters. The summed E-state index contributed by atoms with van der Waals surface area (Å²) in [6.45, 7) is 9.58. The Morgan fingerprint density at radius 1 is 1.20 bits per heavy atom. The zero-order valence-electron chi connectivity index (χ0n) is 13.1. The van der Waals surface area contributed by atoms with Gasteiger partial charge in [0.2, 0.25) is 5.91 Å². The summed E-state index contributed by atoms with van der Waals surface area (Å²) in [6, 6.07) is 0.875. The Hall–Kier alpha value is -0.870. The van der Waals surface area contributed by atoms with Crippen LogP contribution in [0.3, 0.4) is 0 Å². The predicted molar refractivity (Wildman–Crippen MR) is 82.7 cm³/mol. The smallest absolute Gasteiger partial charge is 0.237 e. The van der Waals surface area contributed by atoms with Gasteiger partial charge in [0.05, 0.1) is 6.04 Å². The summed E-state index contributed by atoms with van der Waals surface area (Å²) >= 11 is 0. The average molecular weight is 279 g/mol. The van der Waals surface area contributed by atoms with Crippen LogP contribution in [0.1, 0.15) is 46.5 Å². The Kier molecular flexibility index (Phi) is 5.61. The molecule has 1 saturated carbocycles. The van der Waals surface area contributed by atoms with Crippen LogP contribution in [0.4, 0.5) is 0 Å². The van der Waals surface area contributed by atoms with Crippen LogP contribution in [-0.2, 0) is 4.79 Å². The summed E-state index contributed by atoms with van der Waals surface area (Å²) in [7, 11) is 0. The fraction of sp³-hybridized carbons (Fsp3) is 0.812. The largest absolute Gasteiger partial charge is 0.352 e. The Morgan fingerprint density at radius 2 is 1.85 bits per heavy atom. The molecule has 1 saturated heterocycles. The third-order valence-corrected chi connectivity index (χ3v) is 4.15. The lowest BCUT2D eigenvalue weighted by atomic mass is 10.0. The first-order valence-corrected chi connectivity index (χ1v) is 7.96. The summed E-state index contributed by atoms with van der Waals surface area (Å²) in [5.74, 6) is 0.166. The fourth-order valence-electron chi connectivity index (χ4n) is 2.58. The van der Waals surface area contributed by atoms with Crippen molar-refractivity contribution in [2.75, 3.05) is 19.6 Å². The van der Waals surface area contributed by atoms with E-state index in [0.717, 1.165) is 45.3 Å². The van der Waals surface area contributed by atoms with E-state index < -0.39 is 0 Å². The number of hydrogen-bond acceptors (Lipinski definition) is 3. The predicted octanol–water partition coefficient (Wildman–Crippen LogP) is 1.67. The Labute approximate surface area is 123 Å². The van der Waals surface area contributed by atoms with Gasteiger partial charge in [-0.05, 0) is 59.5 Å². The standard InChI is InChI=1S/C16H29N3O/c1-12(2)6-9-19-10-7-15(8-11-19)17-13(3)16(20)18-14-4-5-14/h6,13-15,17H,4-5,7-11H2,1-3H3,(H,18,20). The minimum atomic E-state index is -0.0649. The lowest BCUT2D eigenvalue weighted by Crippen LogP contribution is -2.50. The monoisotopic (exact) mass is 279 g/mol. The summed E-state index contributed by atoms with van der Waals surface area (Å²) in [6.07, 6.45) is 6.87. The number of allylic oxidation sites excluding steroid dienone is 1. The van der Waals surface area contributed by atoms with Crippen LogP contribution in [0.2, 0.25) is 0 Å².